The van der Waals surface area contributed by atoms with E-state index < -0.39 is 0 Å². The van der Waals surface area contributed by atoms with Crippen LogP contribution in [0.25, 0.3) is 5.65 Å². The minimum atomic E-state index is 0.767. The van der Waals surface area contributed by atoms with Crippen LogP contribution in [0, 0.1) is 5.92 Å². The van der Waals surface area contributed by atoms with Gasteiger partial charge < -0.3 is 10.1 Å². The van der Waals surface area contributed by atoms with Crippen molar-refractivity contribution in [3.05, 3.63) is 30.2 Å². The van der Waals surface area contributed by atoms with Gasteiger partial charge in [0.25, 0.3) is 0 Å². The maximum Gasteiger partial charge on any atom is 0.160 e. The van der Waals surface area contributed by atoms with E-state index in [0.717, 1.165) is 50.1 Å². The molecule has 2 aromatic rings. The molecule has 0 aromatic carbocycles. The van der Waals surface area contributed by atoms with Crippen molar-refractivity contribution in [2.45, 2.75) is 19.3 Å². The van der Waals surface area contributed by atoms with Crippen molar-refractivity contribution >= 4 is 5.65 Å². The fourth-order valence-electron chi connectivity index (χ4n) is 2.52. The number of hydrogen-bond donors (Lipinski definition) is 1. The lowest BCUT2D eigenvalue weighted by Crippen LogP contribution is -2.29. The molecule has 5 heteroatoms. The normalized spacial score (nSPS) is 17.1. The third-order valence-corrected chi connectivity index (χ3v) is 3.68. The Labute approximate surface area is 113 Å². The minimum Gasteiger partial charge on any atom is -0.381 e. The summed E-state index contributed by atoms with van der Waals surface area (Å²) in [6.45, 7) is 3.87. The van der Waals surface area contributed by atoms with E-state index in [9.17, 15) is 0 Å². The minimum absolute atomic E-state index is 0.767. The topological polar surface area (TPSA) is 51.5 Å². The molecular formula is C14H20N4O. The fraction of sp³-hybridized carbons (Fsp3) is 0.571. The second-order valence-corrected chi connectivity index (χ2v) is 5.05. The standard InChI is InChI=1S/C14H20N4O/c1-2-8-18-13(3-1)16-17-14(18)4-7-15-11-12-5-9-19-10-6-12/h1-3,8,12,15H,4-7,9-11H2. The molecule has 0 radical (unpaired) electrons. The van der Waals surface area contributed by atoms with Crippen LogP contribution in [0.3, 0.4) is 0 Å². The van der Waals surface area contributed by atoms with Gasteiger partial charge in [0, 0.05) is 32.4 Å². The molecule has 102 valence electrons. The number of nitrogens with one attached hydrogen (secondary N) is 1. The van der Waals surface area contributed by atoms with E-state index >= 15 is 0 Å². The highest BCUT2D eigenvalue weighted by Crippen LogP contribution is 2.13. The highest BCUT2D eigenvalue weighted by Gasteiger charge is 2.13. The van der Waals surface area contributed by atoms with Gasteiger partial charge in [0.1, 0.15) is 5.82 Å². The number of pyridine rings is 1. The van der Waals surface area contributed by atoms with Gasteiger partial charge in [0.15, 0.2) is 5.65 Å². The van der Waals surface area contributed by atoms with Crippen molar-refractivity contribution < 1.29 is 4.74 Å². The van der Waals surface area contributed by atoms with Crippen molar-refractivity contribution in [3.63, 3.8) is 0 Å². The Balaban J connectivity index is 1.47. The molecule has 19 heavy (non-hydrogen) atoms. The van der Waals surface area contributed by atoms with Gasteiger partial charge in [0.05, 0.1) is 0 Å². The number of hydrogen-bond acceptors (Lipinski definition) is 4. The smallest absolute Gasteiger partial charge is 0.160 e. The maximum absolute atomic E-state index is 5.36. The van der Waals surface area contributed by atoms with Crippen molar-refractivity contribution in [2.24, 2.45) is 5.92 Å². The summed E-state index contributed by atoms with van der Waals surface area (Å²) in [6, 6.07) is 5.97. The average Bonchev–Trinajstić information content (AvgIpc) is 2.88. The number of aromatic nitrogens is 3. The summed E-state index contributed by atoms with van der Waals surface area (Å²) in [5.41, 5.74) is 0.918. The van der Waals surface area contributed by atoms with E-state index in [1.165, 1.54) is 12.8 Å². The molecule has 0 saturated carbocycles. The molecule has 0 unspecified atom stereocenters. The van der Waals surface area contributed by atoms with Gasteiger partial charge >= 0.3 is 0 Å². The highest BCUT2D eigenvalue weighted by atomic mass is 16.5. The molecule has 1 fully saturated rings. The summed E-state index contributed by atoms with van der Waals surface area (Å²) >= 11 is 0. The number of ether oxygens (including phenoxy) is 1. The second kappa shape index (κ2) is 6.12. The van der Waals surface area contributed by atoms with Gasteiger partial charge in [-0.15, -0.1) is 10.2 Å². The highest BCUT2D eigenvalue weighted by molar-refractivity contribution is 5.36. The molecule has 1 N–H and O–H groups in total. The molecule has 3 heterocycles. The molecule has 0 aliphatic carbocycles. The summed E-state index contributed by atoms with van der Waals surface area (Å²) in [5, 5.41) is 11.9. The van der Waals surface area contributed by atoms with Gasteiger partial charge in [-0.3, -0.25) is 4.40 Å². The molecule has 1 aliphatic heterocycles. The van der Waals surface area contributed by atoms with Crippen LogP contribution in [-0.2, 0) is 11.2 Å². The van der Waals surface area contributed by atoms with Crippen molar-refractivity contribution in [1.82, 2.24) is 19.9 Å². The van der Waals surface area contributed by atoms with Crippen LogP contribution in [-0.4, -0.2) is 40.9 Å². The van der Waals surface area contributed by atoms with Crippen LogP contribution in [0.15, 0.2) is 24.4 Å². The van der Waals surface area contributed by atoms with Gasteiger partial charge in [-0.05, 0) is 37.4 Å². The fourth-order valence-corrected chi connectivity index (χ4v) is 2.52. The Hall–Kier alpha value is -1.46. The first-order valence-electron chi connectivity index (χ1n) is 7.00. The van der Waals surface area contributed by atoms with Gasteiger partial charge in [0.2, 0.25) is 0 Å². The number of rotatable bonds is 5. The molecule has 0 spiro atoms. The van der Waals surface area contributed by atoms with E-state index in [4.69, 9.17) is 4.74 Å². The lowest BCUT2D eigenvalue weighted by molar-refractivity contribution is 0.0664. The van der Waals surface area contributed by atoms with E-state index in [-0.39, 0.29) is 0 Å². The van der Waals surface area contributed by atoms with Crippen LogP contribution in [0.5, 0.6) is 0 Å². The first-order chi connectivity index (χ1) is 9.43. The Morgan fingerprint density at radius 3 is 3.05 bits per heavy atom. The first kappa shape index (κ1) is 12.6. The van der Waals surface area contributed by atoms with E-state index in [2.05, 4.69) is 19.9 Å². The van der Waals surface area contributed by atoms with Crippen LogP contribution in [0.1, 0.15) is 18.7 Å². The van der Waals surface area contributed by atoms with Crippen molar-refractivity contribution in [3.8, 4) is 0 Å². The number of nitrogens with zero attached hydrogens (tertiary/aromatic N) is 3. The summed E-state index contributed by atoms with van der Waals surface area (Å²) in [7, 11) is 0. The summed E-state index contributed by atoms with van der Waals surface area (Å²) in [5.74, 6) is 1.79. The molecule has 0 amide bonds. The van der Waals surface area contributed by atoms with Crippen LogP contribution in [0.4, 0.5) is 0 Å². The lowest BCUT2D eigenvalue weighted by Gasteiger charge is -2.22. The van der Waals surface area contributed by atoms with Crippen LogP contribution < -0.4 is 5.32 Å². The van der Waals surface area contributed by atoms with E-state index in [1.807, 2.05) is 24.4 Å². The summed E-state index contributed by atoms with van der Waals surface area (Å²) in [6.07, 6.45) is 5.29. The lowest BCUT2D eigenvalue weighted by atomic mass is 10.0. The van der Waals surface area contributed by atoms with Crippen LogP contribution >= 0.6 is 0 Å². The summed E-state index contributed by atoms with van der Waals surface area (Å²) in [4.78, 5) is 0. The van der Waals surface area contributed by atoms with Crippen molar-refractivity contribution in [1.29, 1.82) is 0 Å². The zero-order chi connectivity index (χ0) is 12.9. The molecule has 1 aliphatic rings. The zero-order valence-corrected chi connectivity index (χ0v) is 11.1. The Morgan fingerprint density at radius 1 is 1.26 bits per heavy atom. The predicted molar refractivity (Wildman–Crippen MR) is 73.1 cm³/mol. The third kappa shape index (κ3) is 3.11. The molecule has 5 nitrogen and oxygen atoms in total. The van der Waals surface area contributed by atoms with Gasteiger partial charge in [-0.2, -0.15) is 0 Å². The van der Waals surface area contributed by atoms with Gasteiger partial charge in [-0.25, -0.2) is 0 Å². The molecule has 0 atom stereocenters. The molecular weight excluding hydrogens is 240 g/mol. The monoisotopic (exact) mass is 260 g/mol. The third-order valence-electron chi connectivity index (χ3n) is 3.68. The molecule has 2 aromatic heterocycles. The second-order valence-electron chi connectivity index (χ2n) is 5.05. The average molecular weight is 260 g/mol. The van der Waals surface area contributed by atoms with E-state index in [0.29, 0.717) is 0 Å². The predicted octanol–water partition coefficient (Wildman–Crippen LogP) is 1.29. The SMILES string of the molecule is c1ccn2c(CCNCC3CCOCC3)nnc2c1. The number of fused-ring (bicyclic) bond motifs is 1. The molecule has 3 rings (SSSR count). The van der Waals surface area contributed by atoms with Crippen molar-refractivity contribution in [2.75, 3.05) is 26.3 Å². The largest absolute Gasteiger partial charge is 0.381 e. The molecule has 0 bridgehead atoms. The summed E-state index contributed by atoms with van der Waals surface area (Å²) < 4.78 is 7.42. The quantitative estimate of drug-likeness (QED) is 0.823. The molecule has 1 saturated heterocycles. The van der Waals surface area contributed by atoms with Gasteiger partial charge in [-0.1, -0.05) is 6.07 Å². The zero-order valence-electron chi connectivity index (χ0n) is 11.1. The Kier molecular flexibility index (Phi) is 4.05. The Bertz CT molecular complexity index is 519. The van der Waals surface area contributed by atoms with Crippen LogP contribution in [0.2, 0.25) is 0 Å². The van der Waals surface area contributed by atoms with E-state index in [1.54, 1.807) is 0 Å². The first-order valence-corrected chi connectivity index (χ1v) is 7.00. The maximum atomic E-state index is 5.36. The Morgan fingerprint density at radius 2 is 2.16 bits per heavy atom.